The molecule has 0 unspecified atom stereocenters. The van der Waals surface area contributed by atoms with E-state index in [1.165, 1.54) is 6.07 Å². The summed E-state index contributed by atoms with van der Waals surface area (Å²) in [5, 5.41) is 3.08. The van der Waals surface area contributed by atoms with Crippen LogP contribution in [0.1, 0.15) is 16.8 Å². The van der Waals surface area contributed by atoms with E-state index < -0.39 is 11.7 Å². The first-order valence-electron chi connectivity index (χ1n) is 5.78. The van der Waals surface area contributed by atoms with Crippen molar-refractivity contribution in [3.63, 3.8) is 0 Å². The second-order valence-electron chi connectivity index (χ2n) is 4.19. The number of halogens is 3. The van der Waals surface area contributed by atoms with Crippen molar-refractivity contribution in [1.82, 2.24) is 4.98 Å². The quantitative estimate of drug-likeness (QED) is 0.907. The summed E-state index contributed by atoms with van der Waals surface area (Å²) in [6.07, 6.45) is -2.63. The Labute approximate surface area is 109 Å². The highest BCUT2D eigenvalue weighted by Gasteiger charge is 2.30. The average Bonchev–Trinajstić information content (AvgIpc) is 2.37. The second kappa shape index (κ2) is 5.30. The van der Waals surface area contributed by atoms with Crippen molar-refractivity contribution in [1.29, 1.82) is 0 Å². The summed E-state index contributed by atoms with van der Waals surface area (Å²) in [6, 6.07) is 8.92. The van der Waals surface area contributed by atoms with Crippen LogP contribution in [0.15, 0.2) is 42.6 Å². The number of benzene rings is 1. The molecule has 0 saturated heterocycles. The van der Waals surface area contributed by atoms with Crippen LogP contribution in [0, 0.1) is 6.92 Å². The van der Waals surface area contributed by atoms with E-state index in [1.807, 2.05) is 13.0 Å². The summed E-state index contributed by atoms with van der Waals surface area (Å²) in [5.41, 5.74) is 1.59. The number of aryl methyl sites for hydroxylation is 1. The second-order valence-corrected chi connectivity index (χ2v) is 4.19. The molecule has 100 valence electrons. The fourth-order valence-corrected chi connectivity index (χ4v) is 1.73. The third-order valence-electron chi connectivity index (χ3n) is 2.74. The van der Waals surface area contributed by atoms with Crippen LogP contribution < -0.4 is 5.32 Å². The molecular weight excluding hydrogens is 253 g/mol. The first-order valence-corrected chi connectivity index (χ1v) is 5.78. The predicted octanol–water partition coefficient (Wildman–Crippen LogP) is 4.02. The predicted molar refractivity (Wildman–Crippen MR) is 67.7 cm³/mol. The Morgan fingerprint density at radius 2 is 1.95 bits per heavy atom. The molecule has 1 aromatic heterocycles. The van der Waals surface area contributed by atoms with Crippen LogP contribution in [-0.4, -0.2) is 4.98 Å². The third-order valence-corrected chi connectivity index (χ3v) is 2.74. The summed E-state index contributed by atoms with van der Waals surface area (Å²) in [5.74, 6) is 0. The van der Waals surface area contributed by atoms with Crippen LogP contribution in [-0.2, 0) is 12.7 Å². The standard InChI is InChI=1S/C14H13F3N2/c1-10-13(6-3-7-18-10)19-9-11-4-2-5-12(8-11)14(15,16)17/h2-8,19H,9H2,1H3. The van der Waals surface area contributed by atoms with Crippen molar-refractivity contribution in [2.45, 2.75) is 19.6 Å². The molecule has 1 N–H and O–H groups in total. The largest absolute Gasteiger partial charge is 0.416 e. The number of nitrogens with one attached hydrogen (secondary N) is 1. The molecule has 1 heterocycles. The van der Waals surface area contributed by atoms with Gasteiger partial charge in [0.25, 0.3) is 0 Å². The van der Waals surface area contributed by atoms with E-state index in [1.54, 1.807) is 18.3 Å². The normalized spacial score (nSPS) is 11.4. The minimum absolute atomic E-state index is 0.330. The van der Waals surface area contributed by atoms with Gasteiger partial charge in [0.05, 0.1) is 16.9 Å². The fourth-order valence-electron chi connectivity index (χ4n) is 1.73. The maximum absolute atomic E-state index is 12.6. The molecule has 19 heavy (non-hydrogen) atoms. The molecule has 0 aliphatic rings. The minimum atomic E-state index is -4.31. The summed E-state index contributed by atoms with van der Waals surface area (Å²) in [4.78, 5) is 4.11. The molecule has 0 atom stereocenters. The molecule has 0 aliphatic heterocycles. The van der Waals surface area contributed by atoms with Crippen molar-refractivity contribution in [3.8, 4) is 0 Å². The number of hydrogen-bond donors (Lipinski definition) is 1. The van der Waals surface area contributed by atoms with Crippen LogP contribution in [0.5, 0.6) is 0 Å². The Morgan fingerprint density at radius 1 is 1.16 bits per heavy atom. The zero-order valence-electron chi connectivity index (χ0n) is 10.3. The van der Waals surface area contributed by atoms with Gasteiger partial charge < -0.3 is 5.32 Å². The van der Waals surface area contributed by atoms with E-state index in [4.69, 9.17) is 0 Å². The summed E-state index contributed by atoms with van der Waals surface area (Å²) in [7, 11) is 0. The first kappa shape index (κ1) is 13.4. The van der Waals surface area contributed by atoms with Crippen LogP contribution in [0.2, 0.25) is 0 Å². The number of aromatic nitrogens is 1. The zero-order valence-corrected chi connectivity index (χ0v) is 10.3. The number of anilines is 1. The molecule has 5 heteroatoms. The summed E-state index contributed by atoms with van der Waals surface area (Å²) < 4.78 is 37.7. The zero-order chi connectivity index (χ0) is 13.9. The molecule has 0 amide bonds. The Morgan fingerprint density at radius 3 is 2.63 bits per heavy atom. The topological polar surface area (TPSA) is 24.9 Å². The van der Waals surface area contributed by atoms with Gasteiger partial charge in [0.15, 0.2) is 0 Å². The van der Waals surface area contributed by atoms with Gasteiger partial charge in [0, 0.05) is 12.7 Å². The molecule has 2 nitrogen and oxygen atoms in total. The Bertz CT molecular complexity index is 565. The Hall–Kier alpha value is -2.04. The van der Waals surface area contributed by atoms with Gasteiger partial charge in [0.1, 0.15) is 0 Å². The first-order chi connectivity index (χ1) is 8.97. The third kappa shape index (κ3) is 3.47. The molecule has 0 spiro atoms. The van der Waals surface area contributed by atoms with Gasteiger partial charge in [-0.05, 0) is 36.8 Å². The van der Waals surface area contributed by atoms with Gasteiger partial charge in [-0.2, -0.15) is 13.2 Å². The number of pyridine rings is 1. The summed E-state index contributed by atoms with van der Waals surface area (Å²) >= 11 is 0. The van der Waals surface area contributed by atoms with Gasteiger partial charge in [-0.3, -0.25) is 4.98 Å². The smallest absolute Gasteiger partial charge is 0.380 e. The van der Waals surface area contributed by atoms with Crippen molar-refractivity contribution in [2.24, 2.45) is 0 Å². The highest BCUT2D eigenvalue weighted by molar-refractivity contribution is 5.47. The molecule has 2 aromatic rings. The molecule has 2 rings (SSSR count). The van der Waals surface area contributed by atoms with Gasteiger partial charge in [0.2, 0.25) is 0 Å². The molecule has 0 bridgehead atoms. The van der Waals surface area contributed by atoms with Crippen molar-refractivity contribution < 1.29 is 13.2 Å². The SMILES string of the molecule is Cc1ncccc1NCc1cccc(C(F)(F)F)c1. The Kier molecular flexibility index (Phi) is 3.74. The average molecular weight is 266 g/mol. The highest BCUT2D eigenvalue weighted by atomic mass is 19.4. The van der Waals surface area contributed by atoms with Gasteiger partial charge in [-0.15, -0.1) is 0 Å². The molecule has 0 fully saturated rings. The van der Waals surface area contributed by atoms with Crippen molar-refractivity contribution >= 4 is 5.69 Å². The van der Waals surface area contributed by atoms with E-state index in [9.17, 15) is 13.2 Å². The van der Waals surface area contributed by atoms with Crippen LogP contribution in [0.4, 0.5) is 18.9 Å². The monoisotopic (exact) mass is 266 g/mol. The molecule has 0 radical (unpaired) electrons. The van der Waals surface area contributed by atoms with Gasteiger partial charge >= 0.3 is 6.18 Å². The van der Waals surface area contributed by atoms with Crippen molar-refractivity contribution in [2.75, 3.05) is 5.32 Å². The molecule has 1 aromatic carbocycles. The lowest BCUT2D eigenvalue weighted by atomic mass is 10.1. The van der Waals surface area contributed by atoms with E-state index >= 15 is 0 Å². The lowest BCUT2D eigenvalue weighted by Gasteiger charge is -2.11. The van der Waals surface area contributed by atoms with E-state index in [0.717, 1.165) is 23.5 Å². The van der Waals surface area contributed by atoms with E-state index in [-0.39, 0.29) is 0 Å². The number of hydrogen-bond acceptors (Lipinski definition) is 2. The van der Waals surface area contributed by atoms with Gasteiger partial charge in [-0.1, -0.05) is 12.1 Å². The lowest BCUT2D eigenvalue weighted by molar-refractivity contribution is -0.137. The summed E-state index contributed by atoms with van der Waals surface area (Å²) in [6.45, 7) is 2.17. The number of alkyl halides is 3. The maximum Gasteiger partial charge on any atom is 0.416 e. The van der Waals surface area contributed by atoms with Crippen molar-refractivity contribution in [3.05, 3.63) is 59.4 Å². The van der Waals surface area contributed by atoms with Crippen LogP contribution in [0.3, 0.4) is 0 Å². The van der Waals surface area contributed by atoms with Crippen LogP contribution >= 0.6 is 0 Å². The van der Waals surface area contributed by atoms with Crippen LogP contribution in [0.25, 0.3) is 0 Å². The molecular formula is C14H13F3N2. The number of rotatable bonds is 3. The van der Waals surface area contributed by atoms with E-state index in [2.05, 4.69) is 10.3 Å². The molecule has 0 saturated carbocycles. The fraction of sp³-hybridized carbons (Fsp3) is 0.214. The minimum Gasteiger partial charge on any atom is -0.380 e. The highest BCUT2D eigenvalue weighted by Crippen LogP contribution is 2.29. The Balaban J connectivity index is 2.10. The number of nitrogens with zero attached hydrogens (tertiary/aromatic N) is 1. The van der Waals surface area contributed by atoms with E-state index in [0.29, 0.717) is 12.1 Å². The van der Waals surface area contributed by atoms with Gasteiger partial charge in [-0.25, -0.2) is 0 Å². The maximum atomic E-state index is 12.6. The molecule has 0 aliphatic carbocycles. The lowest BCUT2D eigenvalue weighted by Crippen LogP contribution is -2.07.